The molecule has 0 bridgehead atoms. The lowest BCUT2D eigenvalue weighted by atomic mass is 10.0. The number of halogens is 1. The summed E-state index contributed by atoms with van der Waals surface area (Å²) in [6.07, 6.45) is 3.45. The van der Waals surface area contributed by atoms with E-state index in [4.69, 9.17) is 16.0 Å². The fraction of sp³-hybridized carbons (Fsp3) is 0.429. The van der Waals surface area contributed by atoms with Gasteiger partial charge in [-0.05, 0) is 45.0 Å². The molecule has 40 heavy (non-hydrogen) atoms. The molecule has 0 N–H and O–H groups in total. The Bertz CT molecular complexity index is 1480. The van der Waals surface area contributed by atoms with Gasteiger partial charge in [-0.25, -0.2) is 25.2 Å². The van der Waals surface area contributed by atoms with Crippen molar-refractivity contribution in [3.05, 3.63) is 71.9 Å². The van der Waals surface area contributed by atoms with Crippen molar-refractivity contribution in [3.63, 3.8) is 0 Å². The Kier molecular flexibility index (Phi) is 5.98. The number of aromatic nitrogens is 4. The first-order chi connectivity index (χ1) is 19.1. The third-order valence-electron chi connectivity index (χ3n) is 7.66. The number of hydrogen-bond acceptors (Lipinski definition) is 7. The lowest BCUT2D eigenvalue weighted by molar-refractivity contribution is 0.0264. The number of carbonyl (C=O) groups is 2. The molecule has 4 heterocycles. The first-order valence-electron chi connectivity index (χ1n) is 13.0. The minimum Gasteiger partial charge on any atom is -0.444 e. The third kappa shape index (κ3) is 4.41. The van der Waals surface area contributed by atoms with Gasteiger partial charge in [0.25, 0.3) is 5.54 Å². The zero-order chi connectivity index (χ0) is 28.2. The van der Waals surface area contributed by atoms with Gasteiger partial charge in [-0.1, -0.05) is 11.3 Å². The van der Waals surface area contributed by atoms with Gasteiger partial charge >= 0.3 is 12.2 Å². The van der Waals surface area contributed by atoms with Gasteiger partial charge in [-0.15, -0.1) is 5.10 Å². The van der Waals surface area contributed by atoms with Gasteiger partial charge < -0.3 is 19.2 Å². The largest absolute Gasteiger partial charge is 0.444 e. The van der Waals surface area contributed by atoms with Crippen LogP contribution in [0.1, 0.15) is 26.5 Å². The Balaban J connectivity index is 1.13. The lowest BCUT2D eigenvalue weighted by Gasteiger charge is -2.26. The number of amides is 2. The number of benzene rings is 1. The molecule has 1 aromatic carbocycles. The van der Waals surface area contributed by atoms with Crippen molar-refractivity contribution in [2.45, 2.75) is 44.6 Å². The molecule has 2 aliphatic heterocycles. The number of pyridine rings is 1. The Hall–Kier alpha value is -4.53. The molecule has 3 fully saturated rings. The summed E-state index contributed by atoms with van der Waals surface area (Å²) in [6, 6.07) is 8.10. The van der Waals surface area contributed by atoms with Crippen LogP contribution in [-0.2, 0) is 21.6 Å². The highest BCUT2D eigenvalue weighted by molar-refractivity contribution is 5.90. The Labute approximate surface area is 230 Å². The number of likely N-dealkylation sites (tertiary alicyclic amines) is 1. The van der Waals surface area contributed by atoms with Crippen LogP contribution in [0.25, 0.3) is 16.0 Å². The van der Waals surface area contributed by atoms with Crippen molar-refractivity contribution in [3.8, 4) is 11.1 Å². The number of fused-ring (bicyclic) bond motifs is 1. The Morgan fingerprint density at radius 3 is 2.60 bits per heavy atom. The van der Waals surface area contributed by atoms with Crippen LogP contribution in [0.15, 0.2) is 48.9 Å². The second-order valence-electron chi connectivity index (χ2n) is 11.4. The predicted molar refractivity (Wildman–Crippen MR) is 140 cm³/mol. The Morgan fingerprint density at radius 1 is 1.23 bits per heavy atom. The van der Waals surface area contributed by atoms with Crippen LogP contribution >= 0.6 is 0 Å². The maximum Gasteiger partial charge on any atom is 0.414 e. The summed E-state index contributed by atoms with van der Waals surface area (Å²) in [5.41, 5.74) is 0.549. The summed E-state index contributed by atoms with van der Waals surface area (Å²) in [5, 5.41) is 7.63. The van der Waals surface area contributed by atoms with E-state index in [1.54, 1.807) is 52.4 Å². The molecule has 1 aliphatic carbocycles. The molecule has 2 aromatic heterocycles. The number of ether oxygens (including phenoxy) is 2. The molecule has 6 rings (SSSR count). The fourth-order valence-electron chi connectivity index (χ4n) is 5.74. The molecule has 0 spiro atoms. The van der Waals surface area contributed by atoms with Crippen molar-refractivity contribution < 1.29 is 23.5 Å². The normalized spacial score (nSPS) is 25.4. The smallest absolute Gasteiger partial charge is 0.414 e. The van der Waals surface area contributed by atoms with Crippen LogP contribution in [0, 0.1) is 24.2 Å². The summed E-state index contributed by atoms with van der Waals surface area (Å²) in [5.74, 6) is -0.531. The van der Waals surface area contributed by atoms with Gasteiger partial charge in [0.2, 0.25) is 0 Å². The van der Waals surface area contributed by atoms with Gasteiger partial charge in [0.1, 0.15) is 23.2 Å². The number of anilines is 1. The molecule has 0 radical (unpaired) electrons. The van der Waals surface area contributed by atoms with Gasteiger partial charge in [-0.3, -0.25) is 9.88 Å². The number of rotatable bonds is 5. The molecule has 1 saturated carbocycles. The summed E-state index contributed by atoms with van der Waals surface area (Å²) in [6.45, 7) is 14.9. The van der Waals surface area contributed by atoms with Crippen LogP contribution in [-0.4, -0.2) is 68.4 Å². The highest BCUT2D eigenvalue weighted by Crippen LogP contribution is 2.64. The van der Waals surface area contributed by atoms with E-state index in [9.17, 15) is 9.59 Å². The molecule has 4 atom stereocenters. The van der Waals surface area contributed by atoms with E-state index in [0.717, 1.165) is 0 Å². The first kappa shape index (κ1) is 25.7. The molecule has 2 saturated heterocycles. The summed E-state index contributed by atoms with van der Waals surface area (Å²) >= 11 is 0. The van der Waals surface area contributed by atoms with Gasteiger partial charge in [0.05, 0.1) is 36.8 Å². The molecule has 206 valence electrons. The zero-order valence-electron chi connectivity index (χ0n) is 22.3. The van der Waals surface area contributed by atoms with Gasteiger partial charge in [0, 0.05) is 36.6 Å². The monoisotopic (exact) mass is 545 g/mol. The minimum atomic E-state index is -0.779. The molecule has 11 nitrogen and oxygen atoms in total. The first-order valence-corrected chi connectivity index (χ1v) is 13.0. The number of cyclic esters (lactones) is 1. The second-order valence-corrected chi connectivity index (χ2v) is 11.4. The molecular weight excluding hydrogens is 517 g/mol. The van der Waals surface area contributed by atoms with E-state index >= 15 is 4.39 Å². The van der Waals surface area contributed by atoms with Crippen molar-refractivity contribution in [1.82, 2.24) is 24.9 Å². The zero-order valence-corrected chi connectivity index (χ0v) is 22.3. The Morgan fingerprint density at radius 2 is 2.00 bits per heavy atom. The van der Waals surface area contributed by atoms with Gasteiger partial charge in [0.15, 0.2) is 0 Å². The van der Waals surface area contributed by atoms with Crippen molar-refractivity contribution in [2.75, 3.05) is 24.5 Å². The molecule has 3 aromatic rings. The van der Waals surface area contributed by atoms with Crippen LogP contribution < -0.4 is 4.90 Å². The lowest BCUT2D eigenvalue weighted by Crippen LogP contribution is -2.38. The maximum absolute atomic E-state index is 15.2. The number of carbonyl (C=O) groups excluding carboxylic acids is 2. The van der Waals surface area contributed by atoms with Crippen molar-refractivity contribution in [2.24, 2.45) is 11.8 Å². The quantitative estimate of drug-likeness (QED) is 0.444. The summed E-state index contributed by atoms with van der Waals surface area (Å²) in [4.78, 5) is 36.4. The minimum absolute atomic E-state index is 0.0134. The molecule has 1 unspecified atom stereocenters. The highest BCUT2D eigenvalue weighted by atomic mass is 19.1. The average molecular weight is 546 g/mol. The standard InChI is InChI=1S/C28H28FN7O4/c1-27(2,3)40-25(37)34-15-21-22(16-34)28(21,30-4)24-8-5-17(12-31-24)20-7-6-18(11-23(20)29)36-14-19(39-26(36)38)13-35-10-9-32-33-35/h5-12,19,21-22H,13-16H2,1-3H3/t19-,21-,22+,28?/m0/s1. The van der Waals surface area contributed by atoms with E-state index in [1.165, 1.54) is 11.0 Å². The summed E-state index contributed by atoms with van der Waals surface area (Å²) < 4.78 is 27.7. The molecule has 12 heteroatoms. The summed E-state index contributed by atoms with van der Waals surface area (Å²) in [7, 11) is 0. The van der Waals surface area contributed by atoms with E-state index < -0.39 is 29.2 Å². The number of nitrogens with zero attached hydrogens (tertiary/aromatic N) is 7. The highest BCUT2D eigenvalue weighted by Gasteiger charge is 2.78. The maximum atomic E-state index is 15.2. The SMILES string of the molecule is [C-]#[N+]C1(c2ccc(-c3ccc(N4C[C@H](Cn5ccnn5)OC4=O)cc3F)cn2)[C@@H]2CN(C(=O)OC(C)(C)C)C[C@@H]21. The fourth-order valence-corrected chi connectivity index (χ4v) is 5.74. The predicted octanol–water partition coefficient (Wildman–Crippen LogP) is 4.12. The van der Waals surface area contributed by atoms with E-state index in [0.29, 0.717) is 42.1 Å². The van der Waals surface area contributed by atoms with Crippen LogP contribution in [0.2, 0.25) is 0 Å². The number of piperidine rings is 1. The van der Waals surface area contributed by atoms with E-state index in [1.807, 2.05) is 20.8 Å². The third-order valence-corrected chi connectivity index (χ3v) is 7.66. The van der Waals surface area contributed by atoms with Crippen LogP contribution in [0.5, 0.6) is 0 Å². The average Bonchev–Trinajstić information content (AvgIpc) is 3.41. The van der Waals surface area contributed by atoms with Crippen LogP contribution in [0.4, 0.5) is 19.7 Å². The molecular formula is C28H28FN7O4. The van der Waals surface area contributed by atoms with Crippen molar-refractivity contribution >= 4 is 17.9 Å². The topological polar surface area (TPSA) is 107 Å². The van der Waals surface area contributed by atoms with E-state index in [2.05, 4.69) is 20.1 Å². The van der Waals surface area contributed by atoms with Crippen molar-refractivity contribution in [1.29, 1.82) is 0 Å². The second kappa shape index (κ2) is 9.29. The van der Waals surface area contributed by atoms with E-state index in [-0.39, 0.29) is 24.5 Å². The molecule has 3 aliphatic rings. The number of hydrogen-bond donors (Lipinski definition) is 0. The van der Waals surface area contributed by atoms with Crippen LogP contribution in [0.3, 0.4) is 0 Å². The molecule has 2 amide bonds. The van der Waals surface area contributed by atoms with Gasteiger partial charge in [-0.2, -0.15) is 0 Å².